The maximum atomic E-state index is 4.54. The molecule has 0 aliphatic heterocycles. The molecule has 0 spiro atoms. The fourth-order valence-electron chi connectivity index (χ4n) is 2.78. The van der Waals surface area contributed by atoms with Gasteiger partial charge in [-0.3, -0.25) is 0 Å². The van der Waals surface area contributed by atoms with Gasteiger partial charge in [-0.05, 0) is 0 Å². The first kappa shape index (κ1) is 13.4. The van der Waals surface area contributed by atoms with Crippen LogP contribution in [0.25, 0.3) is 31.3 Å². The van der Waals surface area contributed by atoms with Gasteiger partial charge < -0.3 is 0 Å². The molecule has 0 aliphatic rings. The van der Waals surface area contributed by atoms with Gasteiger partial charge in [0, 0.05) is 0 Å². The van der Waals surface area contributed by atoms with Crippen molar-refractivity contribution in [2.75, 3.05) is 0 Å². The summed E-state index contributed by atoms with van der Waals surface area (Å²) in [6.07, 6.45) is 0. The predicted molar refractivity (Wildman–Crippen MR) is 92.7 cm³/mol. The average Bonchev–Trinajstić information content (AvgIpc) is 2.84. The number of nitrogens with zero attached hydrogens (tertiary/aromatic N) is 1. The van der Waals surface area contributed by atoms with E-state index in [4.69, 9.17) is 0 Å². The van der Waals surface area contributed by atoms with Crippen LogP contribution in [0.15, 0.2) is 54.6 Å². The molecule has 2 aromatic carbocycles. The molecular formula is C18H12BiNS. The maximum absolute atomic E-state index is 4.54. The van der Waals surface area contributed by atoms with Crippen LogP contribution in [0.4, 0.5) is 0 Å². The molecule has 0 saturated carbocycles. The molecular weight excluding hydrogens is 471 g/mol. The summed E-state index contributed by atoms with van der Waals surface area (Å²) >= 11 is 3.08. The van der Waals surface area contributed by atoms with Gasteiger partial charge in [0.1, 0.15) is 0 Å². The first-order chi connectivity index (χ1) is 10.2. The van der Waals surface area contributed by atoms with Crippen molar-refractivity contribution in [3.63, 3.8) is 0 Å². The van der Waals surface area contributed by atoms with Crippen LogP contribution in [-0.4, -0.2) is 29.7 Å². The molecule has 2 heterocycles. The Morgan fingerprint density at radius 2 is 1.76 bits per heavy atom. The fraction of sp³-hybridized carbons (Fsp3) is 0.0556. The van der Waals surface area contributed by atoms with Gasteiger partial charge in [0.25, 0.3) is 0 Å². The Labute approximate surface area is 142 Å². The number of pyridine rings is 1. The van der Waals surface area contributed by atoms with E-state index in [2.05, 4.69) is 66.5 Å². The van der Waals surface area contributed by atoms with Gasteiger partial charge in [0.05, 0.1) is 0 Å². The zero-order chi connectivity index (χ0) is 14.4. The molecule has 0 aliphatic carbocycles. The Morgan fingerprint density at radius 3 is 2.62 bits per heavy atom. The van der Waals surface area contributed by atoms with Gasteiger partial charge in [-0.1, -0.05) is 0 Å². The van der Waals surface area contributed by atoms with Crippen LogP contribution in [-0.2, 0) is 0 Å². The molecule has 1 nitrogen and oxygen atoms in total. The molecule has 0 fully saturated rings. The summed E-state index contributed by atoms with van der Waals surface area (Å²) in [7, 11) is 0. The summed E-state index contributed by atoms with van der Waals surface area (Å²) in [5, 5.41) is 2.71. The van der Waals surface area contributed by atoms with Gasteiger partial charge in [-0.2, -0.15) is 0 Å². The third-order valence-electron chi connectivity index (χ3n) is 3.66. The van der Waals surface area contributed by atoms with Crippen molar-refractivity contribution in [1.29, 1.82) is 0 Å². The number of thiophene rings is 1. The average molecular weight is 483 g/mol. The Bertz CT molecular complexity index is 951. The zero-order valence-corrected chi connectivity index (χ0v) is 15.8. The van der Waals surface area contributed by atoms with Gasteiger partial charge in [0.15, 0.2) is 0 Å². The van der Waals surface area contributed by atoms with E-state index in [0.717, 1.165) is 5.69 Å². The van der Waals surface area contributed by atoms with Crippen molar-refractivity contribution >= 4 is 59.6 Å². The molecule has 0 bridgehead atoms. The van der Waals surface area contributed by atoms with Crippen LogP contribution in [0.1, 0.15) is 5.69 Å². The molecule has 0 N–H and O–H groups in total. The second kappa shape index (κ2) is 5.15. The van der Waals surface area contributed by atoms with E-state index >= 15 is 0 Å². The topological polar surface area (TPSA) is 12.9 Å². The first-order valence-corrected chi connectivity index (χ1v) is 9.36. The molecule has 0 saturated heterocycles. The van der Waals surface area contributed by atoms with Crippen molar-refractivity contribution in [2.24, 2.45) is 0 Å². The van der Waals surface area contributed by atoms with Crippen LogP contribution in [0.5, 0.6) is 0 Å². The minimum absolute atomic E-state index is 1.10. The van der Waals surface area contributed by atoms with Gasteiger partial charge >= 0.3 is 143 Å². The fourth-order valence-corrected chi connectivity index (χ4v) is 5.17. The van der Waals surface area contributed by atoms with Crippen LogP contribution in [0, 0.1) is 6.92 Å². The number of aromatic nitrogens is 1. The number of benzene rings is 2. The Balaban J connectivity index is 2.09. The summed E-state index contributed by atoms with van der Waals surface area (Å²) in [6, 6.07) is 19.7. The Hall–Kier alpha value is -1.31. The van der Waals surface area contributed by atoms with E-state index in [1.165, 1.54) is 59.4 Å². The third-order valence-corrected chi connectivity index (χ3v) is 5.77. The van der Waals surface area contributed by atoms with E-state index in [1.54, 1.807) is 0 Å². The SMILES string of the molecule is Cc1cc(-c2cccc3c2sc2ccccc23)c[c]([Bi])n1. The third kappa shape index (κ3) is 2.29. The van der Waals surface area contributed by atoms with Crippen molar-refractivity contribution in [3.8, 4) is 11.1 Å². The number of rotatable bonds is 1. The second-order valence-corrected chi connectivity index (χ2v) is 7.97. The molecule has 4 aromatic rings. The quantitative estimate of drug-likeness (QED) is 0.370. The second-order valence-electron chi connectivity index (χ2n) is 5.14. The van der Waals surface area contributed by atoms with Crippen molar-refractivity contribution in [1.82, 2.24) is 4.98 Å². The molecule has 2 radical (unpaired) electrons. The summed E-state index contributed by atoms with van der Waals surface area (Å²) in [5.41, 5.74) is 3.71. The monoisotopic (exact) mass is 483 g/mol. The standard InChI is InChI=1S/C18H12NS.Bi/c1-12-11-13(9-10-19-12)14-6-4-7-16-15-5-2-3-8-17(15)20-18(14)16;/h2-9,11H,1H3;. The van der Waals surface area contributed by atoms with Gasteiger partial charge in [-0.25, -0.2) is 0 Å². The van der Waals surface area contributed by atoms with Crippen LogP contribution < -0.4 is 3.40 Å². The molecule has 0 unspecified atom stereocenters. The van der Waals surface area contributed by atoms with E-state index in [9.17, 15) is 0 Å². The summed E-state index contributed by atoms with van der Waals surface area (Å²) in [6.45, 7) is 2.07. The van der Waals surface area contributed by atoms with Crippen LogP contribution in [0.3, 0.4) is 0 Å². The normalized spacial score (nSPS) is 11.3. The first-order valence-electron chi connectivity index (χ1n) is 6.81. The minimum atomic E-state index is 1.10. The van der Waals surface area contributed by atoms with E-state index < -0.39 is 0 Å². The van der Waals surface area contributed by atoms with E-state index in [-0.39, 0.29) is 0 Å². The van der Waals surface area contributed by atoms with Gasteiger partial charge in [-0.15, -0.1) is 0 Å². The van der Waals surface area contributed by atoms with Crippen molar-refractivity contribution in [3.05, 3.63) is 60.3 Å². The zero-order valence-electron chi connectivity index (χ0n) is 11.5. The molecule has 2 aromatic heterocycles. The summed E-state index contributed by atoms with van der Waals surface area (Å²) in [4.78, 5) is 4.54. The molecule has 3 heteroatoms. The molecule has 21 heavy (non-hydrogen) atoms. The van der Waals surface area contributed by atoms with Crippen molar-refractivity contribution < 1.29 is 0 Å². The number of hydrogen-bond donors (Lipinski definition) is 0. The van der Waals surface area contributed by atoms with Crippen LogP contribution in [0.2, 0.25) is 0 Å². The number of aryl methyl sites for hydroxylation is 1. The van der Waals surface area contributed by atoms with E-state index in [1.807, 2.05) is 11.3 Å². The summed E-state index contributed by atoms with van der Waals surface area (Å²) in [5.74, 6) is 0. The Morgan fingerprint density at radius 1 is 0.952 bits per heavy atom. The molecule has 4 rings (SSSR count). The molecule has 100 valence electrons. The van der Waals surface area contributed by atoms with Gasteiger partial charge in [0.2, 0.25) is 0 Å². The summed E-state index contributed by atoms with van der Waals surface area (Å²) < 4.78 is 3.92. The molecule has 0 atom stereocenters. The predicted octanol–water partition coefficient (Wildman–Crippen LogP) is 4.22. The van der Waals surface area contributed by atoms with Crippen LogP contribution >= 0.6 is 11.3 Å². The Kier molecular flexibility index (Phi) is 3.28. The van der Waals surface area contributed by atoms with Crippen molar-refractivity contribution in [2.45, 2.75) is 6.92 Å². The number of fused-ring (bicyclic) bond motifs is 3. The molecule has 0 amide bonds. The van der Waals surface area contributed by atoms with E-state index in [0.29, 0.717) is 0 Å². The number of hydrogen-bond acceptors (Lipinski definition) is 2.